The number of nitrogens with zero attached hydrogens (tertiary/aromatic N) is 5. The summed E-state index contributed by atoms with van der Waals surface area (Å²) in [6, 6.07) is -0.417. The minimum atomic E-state index is -0.919. The fraction of sp³-hybridized carbons (Fsp3) is 0.0217. The van der Waals surface area contributed by atoms with Gasteiger partial charge in [-0.15, -0.1) is 0 Å². The van der Waals surface area contributed by atoms with Gasteiger partial charge in [0.25, 0.3) is 0 Å². The van der Waals surface area contributed by atoms with Crippen LogP contribution < -0.4 is 0 Å². The summed E-state index contributed by atoms with van der Waals surface area (Å²) in [5, 5.41) is 1.22. The predicted molar refractivity (Wildman–Crippen MR) is 210 cm³/mol. The van der Waals surface area contributed by atoms with Gasteiger partial charge in [-0.05, 0) is 78.0 Å². The molecule has 0 radical (unpaired) electrons. The van der Waals surface area contributed by atoms with Crippen molar-refractivity contribution in [2.45, 2.75) is 6.92 Å². The minimum absolute atomic E-state index is 0.0274. The lowest BCUT2D eigenvalue weighted by atomic mass is 10.0. The van der Waals surface area contributed by atoms with E-state index in [9.17, 15) is 8.22 Å². The molecule has 5 nitrogen and oxygen atoms in total. The van der Waals surface area contributed by atoms with Gasteiger partial charge in [-0.3, -0.25) is 4.57 Å². The van der Waals surface area contributed by atoms with E-state index >= 15 is 0 Å². The molecule has 10 aromatic rings. The highest BCUT2D eigenvalue weighted by Gasteiger charge is 2.19. The standard InChI is InChI=1S/C46H31N5/c1-30-13-11-24-42-43(30)38-20-7-10-23-41(38)51(42)46-48-44(47-45(49-46)34-17-12-16-33(29-34)31-14-3-2-4-15-31)32-25-27-35(28-26-32)50-39-21-8-5-18-36(39)37-19-6-9-22-40(37)50/h2-29H,1H3/i2D,3D,4D,7D,10D,11D,12D,13D,14D,15D,16D,17D,20D,23D,24D,25D,26D,27D,28D,29D. The molecule has 0 spiro atoms. The van der Waals surface area contributed by atoms with Gasteiger partial charge in [-0.1, -0.05) is 115 Å². The zero-order valence-electron chi connectivity index (χ0n) is 46.4. The number of rotatable bonds is 5. The Labute approximate surface area is 322 Å². The summed E-state index contributed by atoms with van der Waals surface area (Å²) in [4.78, 5) is 13.7. The molecule has 0 aliphatic heterocycles. The minimum Gasteiger partial charge on any atom is -0.309 e. The molecule has 0 bridgehead atoms. The third kappa shape index (κ3) is 4.74. The van der Waals surface area contributed by atoms with Crippen molar-refractivity contribution in [2.24, 2.45) is 0 Å². The van der Waals surface area contributed by atoms with E-state index < -0.39 is 161 Å². The highest BCUT2D eigenvalue weighted by atomic mass is 15.2. The smallest absolute Gasteiger partial charge is 0.238 e. The fourth-order valence-electron chi connectivity index (χ4n) is 6.26. The Balaban J connectivity index is 1.38. The van der Waals surface area contributed by atoms with Crippen LogP contribution in [0, 0.1) is 6.92 Å². The van der Waals surface area contributed by atoms with Crippen molar-refractivity contribution < 1.29 is 27.4 Å². The van der Waals surface area contributed by atoms with Crippen LogP contribution in [0.2, 0.25) is 0 Å². The van der Waals surface area contributed by atoms with E-state index in [1.165, 1.54) is 6.92 Å². The summed E-state index contributed by atoms with van der Waals surface area (Å²) in [5.74, 6) is -2.14. The molecule has 0 saturated carbocycles. The number of aromatic nitrogens is 5. The van der Waals surface area contributed by atoms with Gasteiger partial charge >= 0.3 is 0 Å². The number of fused-ring (bicyclic) bond motifs is 6. The van der Waals surface area contributed by atoms with Gasteiger partial charge in [0.15, 0.2) is 11.6 Å². The Morgan fingerprint density at radius 3 is 1.82 bits per heavy atom. The second-order valence-electron chi connectivity index (χ2n) is 11.4. The largest absolute Gasteiger partial charge is 0.309 e. The van der Waals surface area contributed by atoms with Crippen molar-refractivity contribution in [3.63, 3.8) is 0 Å². The van der Waals surface area contributed by atoms with Gasteiger partial charge in [0.1, 0.15) is 0 Å². The average Bonchev–Trinajstić information content (AvgIpc) is 3.89. The first-order valence-electron chi connectivity index (χ1n) is 25.6. The molecule has 10 rings (SSSR count). The molecule has 0 unspecified atom stereocenters. The summed E-state index contributed by atoms with van der Waals surface area (Å²) in [6.07, 6.45) is 0. The van der Waals surface area contributed by atoms with E-state index in [4.69, 9.17) is 19.2 Å². The number of hydrogen-bond donors (Lipinski definition) is 0. The van der Waals surface area contributed by atoms with E-state index in [2.05, 4.69) is 15.0 Å². The van der Waals surface area contributed by atoms with Crippen molar-refractivity contribution >= 4 is 43.6 Å². The Morgan fingerprint density at radius 1 is 0.451 bits per heavy atom. The van der Waals surface area contributed by atoms with Crippen LogP contribution in [0.25, 0.3) is 89.2 Å². The van der Waals surface area contributed by atoms with Crippen molar-refractivity contribution in [1.82, 2.24) is 24.1 Å². The second-order valence-corrected chi connectivity index (χ2v) is 11.4. The third-order valence-corrected chi connectivity index (χ3v) is 8.47. The van der Waals surface area contributed by atoms with Crippen LogP contribution in [-0.2, 0) is 0 Å². The van der Waals surface area contributed by atoms with Crippen LogP contribution in [0.4, 0.5) is 0 Å². The maximum absolute atomic E-state index is 9.53. The SMILES string of the molecule is [2H]c1c([2H])c([2H])c(-c2c([2H])c([2H])c([2H])c(-c3nc(-c4c([2H])c([2H])c(-n5c6ccccc6c6ccccc65)c([2H])c4[2H])nc(-n4c5c([2H])c([2H])c([2H])c([2H])c5c5c(C)c([2H])c([2H])c([2H])c54)n3)c2[2H])c([2H])c1[2H]. The molecule has 0 aliphatic carbocycles. The molecular formula is C46H31N5. The van der Waals surface area contributed by atoms with Crippen LogP contribution in [0.15, 0.2) is 169 Å². The molecule has 0 N–H and O–H groups in total. The van der Waals surface area contributed by atoms with E-state index in [0.717, 1.165) is 15.3 Å². The van der Waals surface area contributed by atoms with Crippen LogP contribution in [0.3, 0.4) is 0 Å². The molecule has 3 heterocycles. The Bertz CT molecular complexity index is 3900. The molecule has 240 valence electrons. The lowest BCUT2D eigenvalue weighted by molar-refractivity contribution is 0.953. The Hall–Kier alpha value is -6.85. The van der Waals surface area contributed by atoms with Crippen LogP contribution in [-0.4, -0.2) is 24.1 Å². The van der Waals surface area contributed by atoms with Crippen LogP contribution in [0.1, 0.15) is 33.0 Å². The van der Waals surface area contributed by atoms with Gasteiger partial charge < -0.3 is 4.57 Å². The van der Waals surface area contributed by atoms with E-state index in [1.54, 1.807) is 28.8 Å². The molecule has 0 atom stereocenters. The van der Waals surface area contributed by atoms with E-state index in [-0.39, 0.29) is 33.1 Å². The lowest BCUT2D eigenvalue weighted by Gasteiger charge is -2.12. The lowest BCUT2D eigenvalue weighted by Crippen LogP contribution is -2.06. The molecule has 0 amide bonds. The van der Waals surface area contributed by atoms with Gasteiger partial charge in [0.2, 0.25) is 5.95 Å². The Kier molecular flexibility index (Phi) is 3.51. The number of hydrogen-bond acceptors (Lipinski definition) is 3. The molecule has 51 heavy (non-hydrogen) atoms. The highest BCUT2D eigenvalue weighted by Crippen LogP contribution is 2.36. The van der Waals surface area contributed by atoms with Gasteiger partial charge in [0.05, 0.1) is 49.5 Å². The highest BCUT2D eigenvalue weighted by molar-refractivity contribution is 6.11. The zero-order valence-corrected chi connectivity index (χ0v) is 26.4. The van der Waals surface area contributed by atoms with E-state index in [1.807, 2.05) is 24.3 Å². The summed E-state index contributed by atoms with van der Waals surface area (Å²) in [6.45, 7) is 1.41. The van der Waals surface area contributed by atoms with Crippen LogP contribution in [0.5, 0.6) is 0 Å². The summed E-state index contributed by atoms with van der Waals surface area (Å²) < 4.78 is 181. The molecule has 0 aliphatic rings. The normalized spacial score (nSPS) is 17.1. The molecule has 5 heteroatoms. The number of para-hydroxylation sites is 3. The van der Waals surface area contributed by atoms with E-state index in [0.29, 0.717) is 11.0 Å². The molecule has 7 aromatic carbocycles. The van der Waals surface area contributed by atoms with Crippen molar-refractivity contribution in [3.05, 3.63) is 175 Å². The quantitative estimate of drug-likeness (QED) is 0.183. The first kappa shape index (κ1) is 15.4. The molecule has 0 fully saturated rings. The summed E-state index contributed by atoms with van der Waals surface area (Å²) in [7, 11) is 0. The van der Waals surface area contributed by atoms with Crippen molar-refractivity contribution in [1.29, 1.82) is 0 Å². The number of benzene rings is 7. The van der Waals surface area contributed by atoms with Gasteiger partial charge in [-0.2, -0.15) is 9.97 Å². The third-order valence-electron chi connectivity index (χ3n) is 8.47. The molecule has 3 aromatic heterocycles. The van der Waals surface area contributed by atoms with Crippen LogP contribution >= 0.6 is 0 Å². The second kappa shape index (κ2) is 11.6. The first-order valence-corrected chi connectivity index (χ1v) is 15.6. The average molecular weight is 674 g/mol. The maximum atomic E-state index is 9.53. The first-order chi connectivity index (χ1) is 33.5. The molecule has 0 saturated heterocycles. The van der Waals surface area contributed by atoms with Gasteiger partial charge in [-0.25, -0.2) is 4.98 Å². The summed E-state index contributed by atoms with van der Waals surface area (Å²) >= 11 is 0. The topological polar surface area (TPSA) is 48.5 Å². The predicted octanol–water partition coefficient (Wildman–Crippen LogP) is 11.4. The van der Waals surface area contributed by atoms with Crippen molar-refractivity contribution in [2.75, 3.05) is 0 Å². The molecular weight excluding hydrogens is 623 g/mol. The number of aryl methyl sites for hydroxylation is 1. The maximum Gasteiger partial charge on any atom is 0.238 e. The van der Waals surface area contributed by atoms with Crippen molar-refractivity contribution in [3.8, 4) is 45.5 Å². The monoisotopic (exact) mass is 673 g/mol. The zero-order chi connectivity index (χ0) is 51.3. The van der Waals surface area contributed by atoms with Gasteiger partial charge in [0, 0.05) is 38.4 Å². The Morgan fingerprint density at radius 2 is 1.06 bits per heavy atom. The summed E-state index contributed by atoms with van der Waals surface area (Å²) in [5.41, 5.74) is -2.37. The fourth-order valence-corrected chi connectivity index (χ4v) is 6.26.